The molecule has 182 valence electrons. The van der Waals surface area contributed by atoms with Gasteiger partial charge in [0, 0.05) is 17.8 Å². The normalized spacial score (nSPS) is 12.8. The second kappa shape index (κ2) is 9.83. The molecule has 7 nitrogen and oxygen atoms in total. The summed E-state index contributed by atoms with van der Waals surface area (Å²) in [5.74, 6) is 0.238. The zero-order valence-corrected chi connectivity index (χ0v) is 20.7. The van der Waals surface area contributed by atoms with Crippen molar-refractivity contribution in [2.24, 2.45) is 5.73 Å². The van der Waals surface area contributed by atoms with Crippen molar-refractivity contribution in [1.29, 1.82) is 0 Å². The summed E-state index contributed by atoms with van der Waals surface area (Å²) in [6, 6.07) is 22.3. The molecule has 0 aliphatic heterocycles. The van der Waals surface area contributed by atoms with Crippen LogP contribution in [0, 0.1) is 6.92 Å². The molecule has 1 aliphatic rings. The van der Waals surface area contributed by atoms with E-state index in [0.717, 1.165) is 40.9 Å². The third kappa shape index (κ3) is 4.94. The number of carbonyl (C=O) groups is 2. The Bertz CT molecular complexity index is 1410. The molecule has 0 spiro atoms. The fourth-order valence-electron chi connectivity index (χ4n) is 4.11. The number of amides is 3. The Balaban J connectivity index is 1.55. The number of aromatic nitrogens is 1. The minimum Gasteiger partial charge on any atom is -0.399 e. The molecule has 8 heteroatoms. The Hall–Kier alpha value is -4.17. The van der Waals surface area contributed by atoms with Crippen LogP contribution >= 0.6 is 11.3 Å². The van der Waals surface area contributed by atoms with Crippen LogP contribution in [0.1, 0.15) is 45.1 Å². The van der Waals surface area contributed by atoms with Crippen LogP contribution in [-0.4, -0.2) is 16.9 Å². The Morgan fingerprint density at radius 1 is 1.06 bits per heavy atom. The van der Waals surface area contributed by atoms with E-state index in [0.29, 0.717) is 39.5 Å². The molecule has 0 atom stereocenters. The Morgan fingerprint density at radius 3 is 2.44 bits per heavy atom. The topological polar surface area (TPSA) is 114 Å². The van der Waals surface area contributed by atoms with Gasteiger partial charge in [-0.15, -0.1) is 0 Å². The molecule has 1 fully saturated rings. The minimum absolute atomic E-state index is 0.276. The summed E-state index contributed by atoms with van der Waals surface area (Å²) in [6.07, 6.45) is 2.28. The highest BCUT2D eigenvalue weighted by Crippen LogP contribution is 2.43. The van der Waals surface area contributed by atoms with Crippen LogP contribution in [0.3, 0.4) is 0 Å². The minimum atomic E-state index is -0.653. The molecule has 3 amide bonds. The third-order valence-corrected chi connectivity index (χ3v) is 7.28. The second-order valence-corrected chi connectivity index (χ2v) is 9.94. The highest BCUT2D eigenvalue weighted by atomic mass is 32.1. The third-order valence-electron chi connectivity index (χ3n) is 6.24. The van der Waals surface area contributed by atoms with Crippen LogP contribution in [0.2, 0.25) is 0 Å². The maximum atomic E-state index is 13.3. The van der Waals surface area contributed by atoms with Crippen molar-refractivity contribution in [3.8, 4) is 11.3 Å². The zero-order valence-electron chi connectivity index (χ0n) is 19.9. The van der Waals surface area contributed by atoms with Crippen LogP contribution in [0.4, 0.5) is 21.3 Å². The number of nitrogens with one attached hydrogen (secondary N) is 1. The fourth-order valence-corrected chi connectivity index (χ4v) is 5.13. The van der Waals surface area contributed by atoms with E-state index in [2.05, 4.69) is 11.4 Å². The summed E-state index contributed by atoms with van der Waals surface area (Å²) in [6.45, 7) is 2.31. The van der Waals surface area contributed by atoms with E-state index in [1.165, 1.54) is 10.5 Å². The summed E-state index contributed by atoms with van der Waals surface area (Å²) < 4.78 is 0. The maximum absolute atomic E-state index is 13.3. The van der Waals surface area contributed by atoms with Gasteiger partial charge in [-0.25, -0.2) is 14.7 Å². The van der Waals surface area contributed by atoms with Crippen molar-refractivity contribution in [3.05, 3.63) is 94.4 Å². The Kier molecular flexibility index (Phi) is 6.43. The highest BCUT2D eigenvalue weighted by Gasteiger charge is 2.29. The lowest BCUT2D eigenvalue weighted by molar-refractivity contribution is 0.0955. The molecular weight excluding hydrogens is 470 g/mol. The number of nitrogens with two attached hydrogens (primary N) is 2. The number of aryl methyl sites for hydroxylation is 1. The van der Waals surface area contributed by atoms with Gasteiger partial charge in [0.1, 0.15) is 4.88 Å². The van der Waals surface area contributed by atoms with E-state index in [1.807, 2.05) is 61.5 Å². The number of hydrogen-bond donors (Lipinski definition) is 3. The molecule has 1 saturated carbocycles. The van der Waals surface area contributed by atoms with Gasteiger partial charge in [-0.2, -0.15) is 0 Å². The van der Waals surface area contributed by atoms with E-state index in [1.54, 1.807) is 12.1 Å². The summed E-state index contributed by atoms with van der Waals surface area (Å²) >= 11 is 1.14. The van der Waals surface area contributed by atoms with Gasteiger partial charge in [0.25, 0.3) is 5.91 Å². The van der Waals surface area contributed by atoms with Gasteiger partial charge >= 0.3 is 6.03 Å². The summed E-state index contributed by atoms with van der Waals surface area (Å²) in [4.78, 5) is 32.6. The first-order valence-electron chi connectivity index (χ1n) is 11.8. The first-order valence-corrected chi connectivity index (χ1v) is 12.6. The first kappa shape index (κ1) is 23.6. The van der Waals surface area contributed by atoms with Gasteiger partial charge in [0.15, 0.2) is 5.13 Å². The van der Waals surface area contributed by atoms with E-state index in [9.17, 15) is 9.59 Å². The van der Waals surface area contributed by atoms with Crippen LogP contribution in [0.25, 0.3) is 11.3 Å². The molecule has 0 unspecified atom stereocenters. The molecule has 0 radical (unpaired) electrons. The number of carbonyl (C=O) groups excluding carboxylic acids is 2. The molecule has 36 heavy (non-hydrogen) atoms. The molecule has 0 bridgehead atoms. The van der Waals surface area contributed by atoms with Crippen LogP contribution in [0.5, 0.6) is 0 Å². The van der Waals surface area contributed by atoms with Crippen LogP contribution < -0.4 is 21.7 Å². The molecular formula is C28H27N5O2S. The lowest BCUT2D eigenvalue weighted by Crippen LogP contribution is -2.32. The van der Waals surface area contributed by atoms with Crippen LogP contribution in [0.15, 0.2) is 72.8 Å². The quantitative estimate of drug-likeness (QED) is 0.283. The van der Waals surface area contributed by atoms with Crippen molar-refractivity contribution in [2.75, 3.05) is 10.6 Å². The number of anilines is 3. The second-order valence-electron chi connectivity index (χ2n) is 8.96. The van der Waals surface area contributed by atoms with E-state index in [4.69, 9.17) is 16.5 Å². The maximum Gasteiger partial charge on any atom is 0.325 e. The average Bonchev–Trinajstić information content (AvgIpc) is 3.64. The van der Waals surface area contributed by atoms with Crippen molar-refractivity contribution in [3.63, 3.8) is 0 Å². The van der Waals surface area contributed by atoms with Gasteiger partial charge in [0.2, 0.25) is 0 Å². The molecule has 1 aromatic heterocycles. The lowest BCUT2D eigenvalue weighted by atomic mass is 10.1. The first-order chi connectivity index (χ1) is 17.4. The zero-order chi connectivity index (χ0) is 25.2. The summed E-state index contributed by atoms with van der Waals surface area (Å²) in [7, 11) is 0. The number of rotatable bonds is 7. The number of nitrogen functional groups attached to an aromatic ring is 1. The summed E-state index contributed by atoms with van der Waals surface area (Å²) in [5, 5.41) is 3.32. The Labute approximate surface area is 213 Å². The number of thiazole rings is 1. The SMILES string of the molecule is Cc1ccc(C2CC2)cc1N(C(N)=O)c1nc(-c2ccc(N)cc2)c(C(=O)NCc2ccccc2)s1. The van der Waals surface area contributed by atoms with Crippen molar-refractivity contribution in [1.82, 2.24) is 10.3 Å². The standard InChI is InChI=1S/C28H27N5O2S/c1-17-7-8-21(19-9-10-19)15-23(17)33(27(30)35)28-32-24(20-11-13-22(29)14-12-20)25(36-28)26(34)31-16-18-5-3-2-4-6-18/h2-8,11-15,19H,9-10,16,29H2,1H3,(H2,30,35)(H,31,34). The van der Waals surface area contributed by atoms with Gasteiger partial charge in [-0.3, -0.25) is 4.79 Å². The number of urea groups is 1. The molecule has 1 aliphatic carbocycles. The van der Waals surface area contributed by atoms with Gasteiger partial charge < -0.3 is 16.8 Å². The van der Waals surface area contributed by atoms with Crippen LogP contribution in [-0.2, 0) is 6.54 Å². The number of benzene rings is 3. The largest absolute Gasteiger partial charge is 0.399 e. The van der Waals surface area contributed by atoms with Gasteiger partial charge in [0.05, 0.1) is 11.4 Å². The molecule has 5 rings (SSSR count). The average molecular weight is 498 g/mol. The molecule has 5 N–H and O–H groups in total. The van der Waals surface area contributed by atoms with Crippen molar-refractivity contribution < 1.29 is 9.59 Å². The molecule has 0 saturated heterocycles. The molecule has 1 heterocycles. The predicted octanol–water partition coefficient (Wildman–Crippen LogP) is 5.72. The van der Waals surface area contributed by atoms with E-state index in [-0.39, 0.29) is 5.91 Å². The lowest BCUT2D eigenvalue weighted by Gasteiger charge is -2.20. The van der Waals surface area contributed by atoms with Gasteiger partial charge in [-0.05, 0) is 60.6 Å². The van der Waals surface area contributed by atoms with E-state index >= 15 is 0 Å². The number of primary amides is 1. The molecule has 3 aromatic carbocycles. The smallest absolute Gasteiger partial charge is 0.325 e. The Morgan fingerprint density at radius 2 is 1.78 bits per heavy atom. The van der Waals surface area contributed by atoms with Gasteiger partial charge in [-0.1, -0.05) is 65.9 Å². The highest BCUT2D eigenvalue weighted by molar-refractivity contribution is 7.18. The predicted molar refractivity (Wildman–Crippen MR) is 144 cm³/mol. The van der Waals surface area contributed by atoms with Crippen molar-refractivity contribution in [2.45, 2.75) is 32.2 Å². The summed E-state index contributed by atoms with van der Waals surface area (Å²) in [5.41, 5.74) is 17.3. The monoisotopic (exact) mass is 497 g/mol. The number of hydrogen-bond acceptors (Lipinski definition) is 5. The fraction of sp³-hybridized carbons (Fsp3) is 0.179. The molecule has 4 aromatic rings. The van der Waals surface area contributed by atoms with Crippen molar-refractivity contribution >= 4 is 39.8 Å². The number of nitrogens with zero attached hydrogens (tertiary/aromatic N) is 2. The van der Waals surface area contributed by atoms with E-state index < -0.39 is 6.03 Å².